The van der Waals surface area contributed by atoms with Crippen LogP contribution < -0.4 is 15.2 Å². The lowest BCUT2D eigenvalue weighted by Gasteiger charge is -2.25. The van der Waals surface area contributed by atoms with Crippen LogP contribution in [0.1, 0.15) is 23.2 Å². The molecule has 1 aliphatic rings. The van der Waals surface area contributed by atoms with E-state index in [1.165, 1.54) is 0 Å². The van der Waals surface area contributed by atoms with Crippen molar-refractivity contribution in [1.82, 2.24) is 14.7 Å². The Balaban J connectivity index is 1.76. The number of methoxy groups -OCH3 is 1. The van der Waals surface area contributed by atoms with Gasteiger partial charge >= 0.3 is 0 Å². The molecule has 8 nitrogen and oxygen atoms in total. The van der Waals surface area contributed by atoms with Crippen molar-refractivity contribution in [2.45, 2.75) is 25.5 Å². The van der Waals surface area contributed by atoms with Crippen molar-refractivity contribution in [3.8, 4) is 11.5 Å². The van der Waals surface area contributed by atoms with Gasteiger partial charge in [-0.15, -0.1) is 0 Å². The molecule has 28 heavy (non-hydrogen) atoms. The molecule has 1 saturated heterocycles. The fourth-order valence-electron chi connectivity index (χ4n) is 3.17. The van der Waals surface area contributed by atoms with Crippen LogP contribution in [0, 0.1) is 0 Å². The second kappa shape index (κ2) is 10.1. The first kappa shape index (κ1) is 20.2. The number of nitrogens with zero attached hydrogens (tertiary/aromatic N) is 3. The number of carbonyl (C=O) groups is 1. The highest BCUT2D eigenvalue weighted by Gasteiger charge is 2.26. The van der Waals surface area contributed by atoms with E-state index in [1.54, 1.807) is 31.5 Å². The lowest BCUT2D eigenvalue weighted by Crippen LogP contribution is -2.38. The molecule has 3 rings (SSSR count). The van der Waals surface area contributed by atoms with Gasteiger partial charge in [0.05, 0.1) is 31.9 Å². The second-order valence-corrected chi connectivity index (χ2v) is 6.68. The van der Waals surface area contributed by atoms with Crippen LogP contribution >= 0.6 is 0 Å². The smallest absolute Gasteiger partial charge is 0.257 e. The van der Waals surface area contributed by atoms with Crippen LogP contribution in [0.4, 0.5) is 0 Å². The van der Waals surface area contributed by atoms with E-state index in [0.717, 1.165) is 12.8 Å². The quantitative estimate of drug-likeness (QED) is 0.690. The number of amides is 1. The molecule has 1 fully saturated rings. The predicted molar refractivity (Wildman–Crippen MR) is 105 cm³/mol. The number of aromatic nitrogens is 2. The zero-order chi connectivity index (χ0) is 19.8. The highest BCUT2D eigenvalue weighted by molar-refractivity contribution is 5.97. The van der Waals surface area contributed by atoms with E-state index in [4.69, 9.17) is 19.9 Å². The van der Waals surface area contributed by atoms with Crippen molar-refractivity contribution in [2.75, 3.05) is 40.0 Å². The van der Waals surface area contributed by atoms with E-state index in [2.05, 4.69) is 5.10 Å². The highest BCUT2D eigenvalue weighted by Crippen LogP contribution is 2.26. The van der Waals surface area contributed by atoms with Gasteiger partial charge in [0, 0.05) is 32.1 Å². The van der Waals surface area contributed by atoms with Crippen LogP contribution in [0.5, 0.6) is 11.5 Å². The minimum atomic E-state index is -0.112. The van der Waals surface area contributed by atoms with Gasteiger partial charge in [0.1, 0.15) is 11.5 Å². The normalized spacial score (nSPS) is 17.2. The van der Waals surface area contributed by atoms with Crippen molar-refractivity contribution in [3.05, 3.63) is 42.2 Å². The molecule has 2 heterocycles. The van der Waals surface area contributed by atoms with Gasteiger partial charge in [-0.2, -0.15) is 5.10 Å². The topological polar surface area (TPSA) is 91.8 Å². The predicted octanol–water partition coefficient (Wildman–Crippen LogP) is 1.55. The van der Waals surface area contributed by atoms with Crippen molar-refractivity contribution < 1.29 is 19.0 Å². The molecular weight excluding hydrogens is 360 g/mol. The molecule has 0 aliphatic carbocycles. The SMILES string of the molecule is COc1ccc(OCCCN)c(C(=O)N2CCCO[C@@H](Cn3cccn3)C2)c1. The van der Waals surface area contributed by atoms with E-state index < -0.39 is 0 Å². The van der Waals surface area contributed by atoms with Gasteiger partial charge in [-0.1, -0.05) is 0 Å². The maximum atomic E-state index is 13.3. The first-order valence-corrected chi connectivity index (χ1v) is 9.60. The van der Waals surface area contributed by atoms with Gasteiger partial charge in [0.25, 0.3) is 5.91 Å². The lowest BCUT2D eigenvalue weighted by atomic mass is 10.1. The zero-order valence-corrected chi connectivity index (χ0v) is 16.3. The molecule has 1 amide bonds. The van der Waals surface area contributed by atoms with E-state index in [0.29, 0.717) is 56.5 Å². The summed E-state index contributed by atoms with van der Waals surface area (Å²) in [5, 5.41) is 4.23. The van der Waals surface area contributed by atoms with Crippen molar-refractivity contribution in [3.63, 3.8) is 0 Å². The maximum absolute atomic E-state index is 13.3. The molecular formula is C20H28N4O4. The Bertz CT molecular complexity index is 751. The van der Waals surface area contributed by atoms with E-state index in [1.807, 2.05) is 21.8 Å². The largest absolute Gasteiger partial charge is 0.497 e. The van der Waals surface area contributed by atoms with Gasteiger partial charge < -0.3 is 24.8 Å². The molecule has 0 radical (unpaired) electrons. The minimum Gasteiger partial charge on any atom is -0.497 e. The summed E-state index contributed by atoms with van der Waals surface area (Å²) in [5.74, 6) is 1.08. The Labute approximate surface area is 165 Å². The van der Waals surface area contributed by atoms with Gasteiger partial charge in [0.15, 0.2) is 0 Å². The van der Waals surface area contributed by atoms with Gasteiger partial charge in [-0.25, -0.2) is 0 Å². The first-order chi connectivity index (χ1) is 13.7. The number of carbonyl (C=O) groups excluding carboxylic acids is 1. The summed E-state index contributed by atoms with van der Waals surface area (Å²) in [6.45, 7) is 3.36. The molecule has 1 aromatic heterocycles. The van der Waals surface area contributed by atoms with Gasteiger partial charge in [-0.05, 0) is 43.7 Å². The minimum absolute atomic E-state index is 0.0855. The number of rotatable bonds is 8. The third kappa shape index (κ3) is 5.24. The van der Waals surface area contributed by atoms with Crippen LogP contribution in [0.25, 0.3) is 0 Å². The number of ether oxygens (including phenoxy) is 3. The lowest BCUT2D eigenvalue weighted by molar-refractivity contribution is 0.0366. The van der Waals surface area contributed by atoms with E-state index in [9.17, 15) is 4.79 Å². The summed E-state index contributed by atoms with van der Waals surface area (Å²) in [6.07, 6.45) is 5.03. The number of hydrogen-bond donors (Lipinski definition) is 1. The van der Waals surface area contributed by atoms with Crippen LogP contribution in [0.15, 0.2) is 36.7 Å². The van der Waals surface area contributed by atoms with Gasteiger partial charge in [0.2, 0.25) is 0 Å². The molecule has 0 spiro atoms. The maximum Gasteiger partial charge on any atom is 0.257 e. The number of hydrogen-bond acceptors (Lipinski definition) is 6. The second-order valence-electron chi connectivity index (χ2n) is 6.68. The molecule has 1 aliphatic heterocycles. The van der Waals surface area contributed by atoms with Crippen LogP contribution in [-0.4, -0.2) is 66.6 Å². The Morgan fingerprint density at radius 2 is 2.32 bits per heavy atom. The Hall–Kier alpha value is -2.58. The molecule has 1 atom stereocenters. The van der Waals surface area contributed by atoms with Crippen molar-refractivity contribution >= 4 is 5.91 Å². The van der Waals surface area contributed by atoms with Crippen LogP contribution in [0.3, 0.4) is 0 Å². The molecule has 1 aromatic carbocycles. The van der Waals surface area contributed by atoms with Gasteiger partial charge in [-0.3, -0.25) is 9.48 Å². The Morgan fingerprint density at radius 3 is 3.07 bits per heavy atom. The average molecular weight is 388 g/mol. The average Bonchev–Trinajstić information content (AvgIpc) is 3.11. The summed E-state index contributed by atoms with van der Waals surface area (Å²) >= 11 is 0. The number of nitrogens with two attached hydrogens (primary N) is 1. The molecule has 152 valence electrons. The van der Waals surface area contributed by atoms with E-state index >= 15 is 0 Å². The van der Waals surface area contributed by atoms with E-state index in [-0.39, 0.29) is 12.0 Å². The highest BCUT2D eigenvalue weighted by atomic mass is 16.5. The Morgan fingerprint density at radius 1 is 1.43 bits per heavy atom. The molecule has 2 N–H and O–H groups in total. The molecule has 2 aromatic rings. The number of benzene rings is 1. The van der Waals surface area contributed by atoms with Crippen molar-refractivity contribution in [2.24, 2.45) is 5.73 Å². The molecule has 0 unspecified atom stereocenters. The van der Waals surface area contributed by atoms with Crippen LogP contribution in [-0.2, 0) is 11.3 Å². The fraction of sp³-hybridized carbons (Fsp3) is 0.500. The van der Waals surface area contributed by atoms with Crippen molar-refractivity contribution in [1.29, 1.82) is 0 Å². The fourth-order valence-corrected chi connectivity index (χ4v) is 3.17. The molecule has 8 heteroatoms. The van der Waals surface area contributed by atoms with Crippen LogP contribution in [0.2, 0.25) is 0 Å². The first-order valence-electron chi connectivity index (χ1n) is 9.60. The summed E-state index contributed by atoms with van der Waals surface area (Å²) in [6, 6.07) is 7.17. The monoisotopic (exact) mass is 388 g/mol. The standard InChI is InChI=1S/C20H28N4O4/c1-26-16-5-6-19(28-11-2-7-21)18(13-16)20(25)23-9-4-12-27-17(14-23)15-24-10-3-8-22-24/h3,5-6,8,10,13,17H,2,4,7,9,11-12,14-15,21H2,1H3/t17-/m1/s1. The molecule has 0 saturated carbocycles. The third-order valence-electron chi connectivity index (χ3n) is 4.61. The third-order valence-corrected chi connectivity index (χ3v) is 4.61. The molecule has 0 bridgehead atoms. The summed E-state index contributed by atoms with van der Waals surface area (Å²) < 4.78 is 18.9. The summed E-state index contributed by atoms with van der Waals surface area (Å²) in [4.78, 5) is 15.1. The zero-order valence-electron chi connectivity index (χ0n) is 16.3. The summed E-state index contributed by atoms with van der Waals surface area (Å²) in [5.41, 5.74) is 6.04. The Kier molecular flexibility index (Phi) is 7.27. The summed E-state index contributed by atoms with van der Waals surface area (Å²) in [7, 11) is 1.58.